The minimum absolute atomic E-state index is 0.347. The van der Waals surface area contributed by atoms with E-state index >= 15 is 0 Å². The molecule has 3 aromatic heterocycles. The van der Waals surface area contributed by atoms with Gasteiger partial charge in [-0.25, -0.2) is 24.6 Å². The van der Waals surface area contributed by atoms with Crippen LogP contribution in [0.4, 0.5) is 11.6 Å². The molecule has 8 heteroatoms. The summed E-state index contributed by atoms with van der Waals surface area (Å²) in [5, 5.41) is 4.26. The van der Waals surface area contributed by atoms with Gasteiger partial charge in [0, 0.05) is 68.6 Å². The van der Waals surface area contributed by atoms with Crippen LogP contribution < -0.4 is 9.80 Å². The highest BCUT2D eigenvalue weighted by Gasteiger charge is 2.41. The molecule has 0 radical (unpaired) electrons. The molecule has 2 saturated heterocycles. The molecule has 2 aliphatic heterocycles. The van der Waals surface area contributed by atoms with Crippen molar-refractivity contribution in [3.8, 4) is 5.82 Å². The fourth-order valence-corrected chi connectivity index (χ4v) is 4.23. The van der Waals surface area contributed by atoms with Crippen LogP contribution in [0.25, 0.3) is 5.82 Å². The van der Waals surface area contributed by atoms with Crippen molar-refractivity contribution < 1.29 is 0 Å². The van der Waals surface area contributed by atoms with Gasteiger partial charge in [0.15, 0.2) is 5.82 Å². The Hall–Kier alpha value is -3.03. The van der Waals surface area contributed by atoms with Crippen molar-refractivity contribution in [2.24, 2.45) is 11.8 Å². The molecule has 0 N–H and O–H groups in total. The third-order valence-corrected chi connectivity index (χ3v) is 5.69. The number of anilines is 2. The average Bonchev–Trinajstić information content (AvgIpc) is 3.44. The van der Waals surface area contributed by atoms with E-state index in [0.717, 1.165) is 49.5 Å². The Kier molecular flexibility index (Phi) is 4.18. The van der Waals surface area contributed by atoms with Crippen LogP contribution in [0.5, 0.6) is 0 Å². The molecule has 144 valence electrons. The third kappa shape index (κ3) is 3.08. The molecule has 0 aromatic carbocycles. The van der Waals surface area contributed by atoms with Gasteiger partial charge < -0.3 is 9.80 Å². The molecule has 5 rings (SSSR count). The Morgan fingerprint density at radius 1 is 0.893 bits per heavy atom. The Morgan fingerprint density at radius 3 is 2.29 bits per heavy atom. The van der Waals surface area contributed by atoms with E-state index in [9.17, 15) is 0 Å². The van der Waals surface area contributed by atoms with Gasteiger partial charge in [0.1, 0.15) is 23.8 Å². The summed E-state index contributed by atoms with van der Waals surface area (Å²) in [7, 11) is 0. The second-order valence-corrected chi connectivity index (χ2v) is 7.94. The SMILES string of the molecule is CC(C)c1nccc(N2CC3CN(c4cc(-n5cccn5)ncn4)CC3C2)n1. The zero-order valence-electron chi connectivity index (χ0n) is 16.2. The molecule has 0 saturated carbocycles. The summed E-state index contributed by atoms with van der Waals surface area (Å²) in [6, 6.07) is 5.95. The lowest BCUT2D eigenvalue weighted by Crippen LogP contribution is -2.30. The van der Waals surface area contributed by atoms with Gasteiger partial charge in [0.2, 0.25) is 0 Å². The van der Waals surface area contributed by atoms with Crippen molar-refractivity contribution >= 4 is 11.6 Å². The van der Waals surface area contributed by atoms with Gasteiger partial charge in [-0.2, -0.15) is 5.10 Å². The fraction of sp³-hybridized carbons (Fsp3) is 0.450. The minimum Gasteiger partial charge on any atom is -0.356 e. The number of nitrogens with zero attached hydrogens (tertiary/aromatic N) is 8. The Balaban J connectivity index is 1.29. The average molecular weight is 376 g/mol. The minimum atomic E-state index is 0.347. The summed E-state index contributed by atoms with van der Waals surface area (Å²) in [6.45, 7) is 8.36. The van der Waals surface area contributed by atoms with Crippen molar-refractivity contribution in [1.82, 2.24) is 29.7 Å². The maximum Gasteiger partial charge on any atom is 0.158 e. The molecule has 2 atom stereocenters. The van der Waals surface area contributed by atoms with Crippen molar-refractivity contribution in [2.75, 3.05) is 36.0 Å². The lowest BCUT2D eigenvalue weighted by Gasteiger charge is -2.23. The summed E-state index contributed by atoms with van der Waals surface area (Å²) >= 11 is 0. The van der Waals surface area contributed by atoms with E-state index in [1.165, 1.54) is 0 Å². The van der Waals surface area contributed by atoms with Crippen LogP contribution in [0.1, 0.15) is 25.6 Å². The smallest absolute Gasteiger partial charge is 0.158 e. The maximum absolute atomic E-state index is 4.77. The van der Waals surface area contributed by atoms with E-state index in [0.29, 0.717) is 17.8 Å². The number of hydrogen-bond acceptors (Lipinski definition) is 7. The lowest BCUT2D eigenvalue weighted by molar-refractivity contribution is 0.533. The summed E-state index contributed by atoms with van der Waals surface area (Å²) < 4.78 is 1.77. The second-order valence-electron chi connectivity index (χ2n) is 7.94. The third-order valence-electron chi connectivity index (χ3n) is 5.69. The topological polar surface area (TPSA) is 75.9 Å². The number of hydrogen-bond donors (Lipinski definition) is 0. The van der Waals surface area contributed by atoms with Crippen LogP contribution in [0.15, 0.2) is 43.1 Å². The van der Waals surface area contributed by atoms with E-state index in [-0.39, 0.29) is 0 Å². The molecule has 2 aliphatic rings. The predicted octanol–water partition coefficient (Wildman–Crippen LogP) is 2.15. The molecule has 5 heterocycles. The highest BCUT2D eigenvalue weighted by atomic mass is 15.3. The van der Waals surface area contributed by atoms with Crippen LogP contribution in [0.2, 0.25) is 0 Å². The van der Waals surface area contributed by atoms with Crippen molar-refractivity contribution in [3.63, 3.8) is 0 Å². The quantitative estimate of drug-likeness (QED) is 0.690. The summed E-state index contributed by atoms with van der Waals surface area (Å²) in [5.74, 6) is 5.35. The van der Waals surface area contributed by atoms with Gasteiger partial charge >= 0.3 is 0 Å². The van der Waals surface area contributed by atoms with Crippen molar-refractivity contribution in [2.45, 2.75) is 19.8 Å². The van der Waals surface area contributed by atoms with Crippen LogP contribution in [-0.4, -0.2) is 55.9 Å². The first-order chi connectivity index (χ1) is 13.7. The highest BCUT2D eigenvalue weighted by molar-refractivity contribution is 5.47. The second kappa shape index (κ2) is 6.85. The Bertz CT molecular complexity index is 940. The first-order valence-corrected chi connectivity index (χ1v) is 9.82. The maximum atomic E-state index is 4.77. The molecule has 0 amide bonds. The zero-order chi connectivity index (χ0) is 19.1. The molecule has 28 heavy (non-hydrogen) atoms. The first kappa shape index (κ1) is 17.1. The zero-order valence-corrected chi connectivity index (χ0v) is 16.2. The monoisotopic (exact) mass is 376 g/mol. The van der Waals surface area contributed by atoms with Crippen molar-refractivity contribution in [3.05, 3.63) is 48.9 Å². The largest absolute Gasteiger partial charge is 0.356 e. The van der Waals surface area contributed by atoms with Gasteiger partial charge in [-0.3, -0.25) is 0 Å². The molecule has 3 aromatic rings. The molecule has 8 nitrogen and oxygen atoms in total. The summed E-state index contributed by atoms with van der Waals surface area (Å²) in [6.07, 6.45) is 7.17. The first-order valence-electron chi connectivity index (χ1n) is 9.82. The normalized spacial score (nSPS) is 21.5. The molecule has 2 fully saturated rings. The Labute approximate surface area is 164 Å². The highest BCUT2D eigenvalue weighted by Crippen LogP contribution is 2.35. The Morgan fingerprint density at radius 2 is 1.61 bits per heavy atom. The number of fused-ring (bicyclic) bond motifs is 1. The van der Waals surface area contributed by atoms with Crippen molar-refractivity contribution in [1.29, 1.82) is 0 Å². The molecule has 0 aliphatic carbocycles. The van der Waals surface area contributed by atoms with Crippen LogP contribution in [0.3, 0.4) is 0 Å². The summed E-state index contributed by atoms with van der Waals surface area (Å²) in [5.41, 5.74) is 0. The number of rotatable bonds is 4. The van der Waals surface area contributed by atoms with E-state index < -0.39 is 0 Å². The van der Waals surface area contributed by atoms with Gasteiger partial charge in [-0.1, -0.05) is 13.8 Å². The van der Waals surface area contributed by atoms with E-state index in [1.54, 1.807) is 17.2 Å². The number of aromatic nitrogens is 6. The van der Waals surface area contributed by atoms with Crippen LogP contribution in [-0.2, 0) is 0 Å². The predicted molar refractivity (Wildman–Crippen MR) is 107 cm³/mol. The summed E-state index contributed by atoms with van der Waals surface area (Å²) in [4.78, 5) is 22.8. The van der Waals surface area contributed by atoms with Crippen LogP contribution in [0, 0.1) is 11.8 Å². The van der Waals surface area contributed by atoms with E-state index in [2.05, 4.69) is 43.7 Å². The van der Waals surface area contributed by atoms with Gasteiger partial charge in [-0.15, -0.1) is 0 Å². The van der Waals surface area contributed by atoms with Gasteiger partial charge in [0.05, 0.1) is 0 Å². The van der Waals surface area contributed by atoms with Gasteiger partial charge in [0.25, 0.3) is 0 Å². The molecule has 2 unspecified atom stereocenters. The molecule has 0 bridgehead atoms. The van der Waals surface area contributed by atoms with Gasteiger partial charge in [-0.05, 0) is 12.1 Å². The molecular formula is C20H24N8. The van der Waals surface area contributed by atoms with Crippen LogP contribution >= 0.6 is 0 Å². The fourth-order valence-electron chi connectivity index (χ4n) is 4.23. The van der Waals surface area contributed by atoms with E-state index in [1.807, 2.05) is 30.6 Å². The lowest BCUT2D eigenvalue weighted by atomic mass is 10.0. The molecular weight excluding hydrogens is 352 g/mol. The van der Waals surface area contributed by atoms with E-state index in [4.69, 9.17) is 4.98 Å². The molecule has 0 spiro atoms. The standard InChI is InChI=1S/C20H24N8/c1-14(2)20-21-6-4-17(25-20)26-9-15-11-27(12-16(15)10-26)18-8-19(23-13-22-18)28-7-3-5-24-28/h3-8,13-16H,9-12H2,1-2H3.